The van der Waals surface area contributed by atoms with Crippen LogP contribution >= 0.6 is 0 Å². The molecule has 1 aromatic carbocycles. The molecule has 1 saturated heterocycles. The summed E-state index contributed by atoms with van der Waals surface area (Å²) in [4.78, 5) is 23.3. The van der Waals surface area contributed by atoms with Crippen LogP contribution in [-0.2, 0) is 11.3 Å². The molecule has 5 nitrogen and oxygen atoms in total. The molecule has 2 aliphatic rings. The van der Waals surface area contributed by atoms with Crippen LogP contribution in [0.4, 0.5) is 0 Å². The Balaban J connectivity index is 1.51. The van der Waals surface area contributed by atoms with E-state index in [1.54, 1.807) is 12.1 Å². The van der Waals surface area contributed by atoms with Crippen LogP contribution < -0.4 is 16.4 Å². The van der Waals surface area contributed by atoms with Crippen molar-refractivity contribution < 1.29 is 9.59 Å². The van der Waals surface area contributed by atoms with Gasteiger partial charge in [-0.2, -0.15) is 0 Å². The number of benzene rings is 1. The monoisotopic (exact) mass is 301 g/mol. The van der Waals surface area contributed by atoms with Crippen molar-refractivity contribution in [3.8, 4) is 0 Å². The Bertz CT molecular complexity index is 542. The lowest BCUT2D eigenvalue weighted by molar-refractivity contribution is -0.123. The van der Waals surface area contributed by atoms with Gasteiger partial charge in [0, 0.05) is 18.2 Å². The molecule has 1 saturated carbocycles. The van der Waals surface area contributed by atoms with Gasteiger partial charge in [-0.1, -0.05) is 25.0 Å². The fourth-order valence-electron chi connectivity index (χ4n) is 3.62. The second-order valence-corrected chi connectivity index (χ2v) is 6.38. The largest absolute Gasteiger partial charge is 0.366 e. The van der Waals surface area contributed by atoms with Crippen molar-refractivity contribution >= 4 is 11.8 Å². The minimum atomic E-state index is -0.437. The lowest BCUT2D eigenvalue weighted by atomic mass is 9.85. The molecule has 3 atom stereocenters. The number of hydrogen-bond donors (Lipinski definition) is 3. The topological polar surface area (TPSA) is 84.2 Å². The van der Waals surface area contributed by atoms with Crippen molar-refractivity contribution in [1.82, 2.24) is 10.6 Å². The van der Waals surface area contributed by atoms with E-state index in [0.29, 0.717) is 24.1 Å². The van der Waals surface area contributed by atoms with E-state index in [1.807, 2.05) is 12.1 Å². The maximum absolute atomic E-state index is 12.3. The van der Waals surface area contributed by atoms with Crippen molar-refractivity contribution in [2.45, 2.75) is 50.7 Å². The Morgan fingerprint density at radius 3 is 2.59 bits per heavy atom. The van der Waals surface area contributed by atoms with Gasteiger partial charge in [-0.25, -0.2) is 0 Å². The molecule has 5 heteroatoms. The summed E-state index contributed by atoms with van der Waals surface area (Å²) < 4.78 is 0. The van der Waals surface area contributed by atoms with Gasteiger partial charge >= 0.3 is 0 Å². The molecule has 0 radical (unpaired) electrons. The number of amides is 2. The molecule has 2 amide bonds. The molecular formula is C17H23N3O2. The molecule has 2 fully saturated rings. The standard InChI is InChI=1S/C17H23N3O2/c18-16(21)12-7-5-11(6-8-12)10-19-17(22)15-9-13-3-1-2-4-14(13)20-15/h5-8,13-15,20H,1-4,9-10H2,(H2,18,21)(H,19,22). The Morgan fingerprint density at radius 1 is 1.18 bits per heavy atom. The van der Waals surface area contributed by atoms with Gasteiger partial charge in [-0.3, -0.25) is 9.59 Å². The number of nitrogens with one attached hydrogen (secondary N) is 2. The van der Waals surface area contributed by atoms with Crippen molar-refractivity contribution in [2.24, 2.45) is 11.7 Å². The van der Waals surface area contributed by atoms with Gasteiger partial charge in [0.15, 0.2) is 0 Å². The molecule has 0 aromatic heterocycles. The second kappa shape index (κ2) is 6.48. The number of primary amides is 1. The number of rotatable bonds is 4. The van der Waals surface area contributed by atoms with E-state index in [9.17, 15) is 9.59 Å². The minimum Gasteiger partial charge on any atom is -0.366 e. The first kappa shape index (κ1) is 15.0. The van der Waals surface area contributed by atoms with Crippen molar-refractivity contribution in [2.75, 3.05) is 0 Å². The van der Waals surface area contributed by atoms with Crippen LogP contribution in [-0.4, -0.2) is 23.9 Å². The highest BCUT2D eigenvalue weighted by atomic mass is 16.2. The maximum Gasteiger partial charge on any atom is 0.248 e. The first-order valence-electron chi connectivity index (χ1n) is 8.06. The lowest BCUT2D eigenvalue weighted by Gasteiger charge is -2.24. The summed E-state index contributed by atoms with van der Waals surface area (Å²) in [5.74, 6) is 0.307. The maximum atomic E-state index is 12.3. The first-order chi connectivity index (χ1) is 10.6. The smallest absolute Gasteiger partial charge is 0.248 e. The van der Waals surface area contributed by atoms with Gasteiger partial charge in [0.2, 0.25) is 11.8 Å². The molecule has 3 rings (SSSR count). The van der Waals surface area contributed by atoms with Crippen molar-refractivity contribution in [1.29, 1.82) is 0 Å². The highest BCUT2D eigenvalue weighted by Gasteiger charge is 2.37. The average Bonchev–Trinajstić information content (AvgIpc) is 2.97. The quantitative estimate of drug-likeness (QED) is 0.784. The zero-order valence-corrected chi connectivity index (χ0v) is 12.7. The third kappa shape index (κ3) is 3.30. The molecule has 1 aromatic rings. The van der Waals surface area contributed by atoms with E-state index in [-0.39, 0.29) is 11.9 Å². The molecule has 3 unspecified atom stereocenters. The third-order valence-electron chi connectivity index (χ3n) is 4.88. The zero-order valence-electron chi connectivity index (χ0n) is 12.7. The van der Waals surface area contributed by atoms with Crippen molar-refractivity contribution in [3.63, 3.8) is 0 Å². The van der Waals surface area contributed by atoms with E-state index in [2.05, 4.69) is 10.6 Å². The highest BCUT2D eigenvalue weighted by molar-refractivity contribution is 5.92. The number of nitrogens with two attached hydrogens (primary N) is 1. The molecule has 1 aliphatic carbocycles. The number of fused-ring (bicyclic) bond motifs is 1. The average molecular weight is 301 g/mol. The van der Waals surface area contributed by atoms with Crippen LogP contribution in [0.5, 0.6) is 0 Å². The van der Waals surface area contributed by atoms with Crippen LogP contribution in [0.25, 0.3) is 0 Å². The van der Waals surface area contributed by atoms with Crippen LogP contribution in [0.1, 0.15) is 48.0 Å². The summed E-state index contributed by atoms with van der Waals surface area (Å²) in [6.07, 6.45) is 5.97. The normalized spacial score (nSPS) is 27.2. The Kier molecular flexibility index (Phi) is 4.43. The van der Waals surface area contributed by atoms with E-state index < -0.39 is 5.91 Å². The summed E-state index contributed by atoms with van der Waals surface area (Å²) in [6, 6.07) is 7.49. The molecule has 118 valence electrons. The molecule has 4 N–H and O–H groups in total. The summed E-state index contributed by atoms with van der Waals surface area (Å²) in [5.41, 5.74) is 6.66. The fourth-order valence-corrected chi connectivity index (χ4v) is 3.62. The van der Waals surface area contributed by atoms with Gasteiger partial charge in [0.1, 0.15) is 0 Å². The predicted molar refractivity (Wildman–Crippen MR) is 84.1 cm³/mol. The zero-order chi connectivity index (χ0) is 15.5. The number of carbonyl (C=O) groups excluding carboxylic acids is 2. The predicted octanol–water partition coefficient (Wildman–Crippen LogP) is 1.32. The van der Waals surface area contributed by atoms with Gasteiger partial charge in [-0.15, -0.1) is 0 Å². The summed E-state index contributed by atoms with van der Waals surface area (Å²) >= 11 is 0. The van der Waals surface area contributed by atoms with E-state index in [4.69, 9.17) is 5.73 Å². The SMILES string of the molecule is NC(=O)c1ccc(CNC(=O)C2CC3CCCCC3N2)cc1. The summed E-state index contributed by atoms with van der Waals surface area (Å²) in [7, 11) is 0. The Morgan fingerprint density at radius 2 is 1.91 bits per heavy atom. The van der Waals surface area contributed by atoms with Crippen LogP contribution in [0, 0.1) is 5.92 Å². The van der Waals surface area contributed by atoms with Gasteiger partial charge in [0.25, 0.3) is 0 Å². The van der Waals surface area contributed by atoms with Crippen molar-refractivity contribution in [3.05, 3.63) is 35.4 Å². The molecule has 1 aliphatic heterocycles. The third-order valence-corrected chi connectivity index (χ3v) is 4.88. The summed E-state index contributed by atoms with van der Waals surface area (Å²) in [5, 5.41) is 6.46. The van der Waals surface area contributed by atoms with Gasteiger partial charge in [-0.05, 0) is 42.9 Å². The molecular weight excluding hydrogens is 278 g/mol. The van der Waals surface area contributed by atoms with E-state index in [0.717, 1.165) is 12.0 Å². The highest BCUT2D eigenvalue weighted by Crippen LogP contribution is 2.33. The second-order valence-electron chi connectivity index (χ2n) is 6.38. The van der Waals surface area contributed by atoms with E-state index >= 15 is 0 Å². The van der Waals surface area contributed by atoms with Gasteiger partial charge < -0.3 is 16.4 Å². The minimum absolute atomic E-state index is 0.0574. The van der Waals surface area contributed by atoms with Gasteiger partial charge in [0.05, 0.1) is 6.04 Å². The summed E-state index contributed by atoms with van der Waals surface area (Å²) in [6.45, 7) is 0.478. The number of hydrogen-bond acceptors (Lipinski definition) is 3. The Labute approximate surface area is 130 Å². The Hall–Kier alpha value is -1.88. The molecule has 1 heterocycles. The van der Waals surface area contributed by atoms with Crippen LogP contribution in [0.3, 0.4) is 0 Å². The number of carbonyl (C=O) groups is 2. The molecule has 22 heavy (non-hydrogen) atoms. The van der Waals surface area contributed by atoms with Crippen LogP contribution in [0.15, 0.2) is 24.3 Å². The lowest BCUT2D eigenvalue weighted by Crippen LogP contribution is -2.42. The van der Waals surface area contributed by atoms with E-state index in [1.165, 1.54) is 25.7 Å². The fraction of sp³-hybridized carbons (Fsp3) is 0.529. The van der Waals surface area contributed by atoms with Crippen LogP contribution in [0.2, 0.25) is 0 Å². The molecule has 0 spiro atoms. The first-order valence-corrected chi connectivity index (χ1v) is 8.06. The molecule has 0 bridgehead atoms.